The molecule has 0 fully saturated rings. The van der Waals surface area contributed by atoms with Gasteiger partial charge in [0.05, 0.1) is 12.2 Å². The van der Waals surface area contributed by atoms with E-state index in [9.17, 15) is 5.11 Å². The second kappa shape index (κ2) is 5.33. The van der Waals surface area contributed by atoms with Crippen LogP contribution < -0.4 is 0 Å². The van der Waals surface area contributed by atoms with Crippen LogP contribution in [0.15, 0.2) is 12.2 Å². The van der Waals surface area contributed by atoms with Crippen molar-refractivity contribution in [3.63, 3.8) is 0 Å². The van der Waals surface area contributed by atoms with E-state index in [4.69, 9.17) is 5.11 Å². The summed E-state index contributed by atoms with van der Waals surface area (Å²) >= 11 is 0. The Balaban J connectivity index is 3.52. The van der Waals surface area contributed by atoms with Crippen molar-refractivity contribution in [2.24, 2.45) is 0 Å². The summed E-state index contributed by atoms with van der Waals surface area (Å²) in [6.45, 7) is 7.41. The second-order valence-corrected chi connectivity index (χ2v) is 2.95. The summed E-state index contributed by atoms with van der Waals surface area (Å²) in [5.41, 5.74) is 0.852. The minimum Gasteiger partial charge on any atom is -0.393 e. The molecule has 0 spiro atoms. The van der Waals surface area contributed by atoms with Crippen molar-refractivity contribution in [2.75, 3.05) is 0 Å². The second-order valence-electron chi connectivity index (χ2n) is 2.95. The normalized spacial score (nSPS) is 16.0. The zero-order valence-electron chi connectivity index (χ0n) is 7.38. The van der Waals surface area contributed by atoms with E-state index < -0.39 is 6.10 Å². The van der Waals surface area contributed by atoms with Crippen LogP contribution in [-0.2, 0) is 0 Å². The highest BCUT2D eigenvalue weighted by atomic mass is 16.3. The van der Waals surface area contributed by atoms with Gasteiger partial charge in [-0.1, -0.05) is 13.5 Å². The smallest absolute Gasteiger partial charge is 0.0748 e. The number of aliphatic hydroxyl groups is 2. The first kappa shape index (κ1) is 10.7. The fourth-order valence-electron chi connectivity index (χ4n) is 0.839. The van der Waals surface area contributed by atoms with Crippen LogP contribution in [0, 0.1) is 0 Å². The van der Waals surface area contributed by atoms with Gasteiger partial charge in [-0.05, 0) is 31.8 Å². The number of hydrogen-bond acceptors (Lipinski definition) is 2. The fraction of sp³-hybridized carbons (Fsp3) is 0.778. The van der Waals surface area contributed by atoms with Crippen LogP contribution >= 0.6 is 0 Å². The molecule has 0 aromatic carbocycles. The van der Waals surface area contributed by atoms with Crippen molar-refractivity contribution in [1.29, 1.82) is 0 Å². The minimum absolute atomic E-state index is 0.325. The van der Waals surface area contributed by atoms with Crippen molar-refractivity contribution < 1.29 is 10.2 Å². The van der Waals surface area contributed by atoms with Gasteiger partial charge in [-0.2, -0.15) is 0 Å². The molecular formula is C9H18O2. The maximum Gasteiger partial charge on any atom is 0.0748 e. The molecule has 11 heavy (non-hydrogen) atoms. The van der Waals surface area contributed by atoms with Gasteiger partial charge in [0, 0.05) is 0 Å². The number of rotatable bonds is 5. The van der Waals surface area contributed by atoms with Gasteiger partial charge in [0.2, 0.25) is 0 Å². The highest BCUT2D eigenvalue weighted by Crippen LogP contribution is 2.10. The fourth-order valence-corrected chi connectivity index (χ4v) is 0.839. The maximum absolute atomic E-state index is 9.36. The Labute approximate surface area is 68.6 Å². The first-order valence-corrected chi connectivity index (χ1v) is 4.11. The Hall–Kier alpha value is -0.340. The van der Waals surface area contributed by atoms with E-state index in [1.807, 2.05) is 6.92 Å². The molecule has 0 bridgehead atoms. The van der Waals surface area contributed by atoms with Gasteiger partial charge in [0.25, 0.3) is 0 Å². The zero-order chi connectivity index (χ0) is 8.85. The SMILES string of the molecule is C=C(CC)C(O)CCC(C)O. The van der Waals surface area contributed by atoms with Crippen LogP contribution in [-0.4, -0.2) is 22.4 Å². The predicted octanol–water partition coefficient (Wildman–Crippen LogP) is 1.47. The van der Waals surface area contributed by atoms with E-state index in [0.29, 0.717) is 12.8 Å². The summed E-state index contributed by atoms with van der Waals surface area (Å²) in [4.78, 5) is 0. The summed E-state index contributed by atoms with van der Waals surface area (Å²) in [6, 6.07) is 0. The molecular weight excluding hydrogens is 140 g/mol. The summed E-state index contributed by atoms with van der Waals surface area (Å²) in [6.07, 6.45) is 1.30. The summed E-state index contributed by atoms with van der Waals surface area (Å²) < 4.78 is 0. The molecule has 0 aromatic rings. The third-order valence-corrected chi connectivity index (χ3v) is 1.78. The predicted molar refractivity (Wildman–Crippen MR) is 46.4 cm³/mol. The van der Waals surface area contributed by atoms with Crippen molar-refractivity contribution in [3.8, 4) is 0 Å². The molecule has 0 aliphatic heterocycles. The van der Waals surface area contributed by atoms with Gasteiger partial charge < -0.3 is 10.2 Å². The highest BCUT2D eigenvalue weighted by Gasteiger charge is 2.07. The highest BCUT2D eigenvalue weighted by molar-refractivity contribution is 5.00. The molecule has 2 N–H and O–H groups in total. The van der Waals surface area contributed by atoms with Crippen LogP contribution in [0.25, 0.3) is 0 Å². The Bertz CT molecular complexity index is 119. The van der Waals surface area contributed by atoms with Gasteiger partial charge in [-0.25, -0.2) is 0 Å². The van der Waals surface area contributed by atoms with Crippen molar-refractivity contribution in [1.82, 2.24) is 0 Å². The Kier molecular flexibility index (Phi) is 5.16. The molecule has 66 valence electrons. The molecule has 2 heteroatoms. The summed E-state index contributed by atoms with van der Waals surface area (Å²) in [7, 11) is 0. The zero-order valence-corrected chi connectivity index (χ0v) is 7.38. The molecule has 0 rings (SSSR count). The molecule has 0 amide bonds. The summed E-state index contributed by atoms with van der Waals surface area (Å²) in [5.74, 6) is 0. The van der Waals surface area contributed by atoms with Crippen molar-refractivity contribution in [3.05, 3.63) is 12.2 Å². The standard InChI is InChI=1S/C9H18O2/c1-4-7(2)9(11)6-5-8(3)10/h8-11H,2,4-6H2,1,3H3. The molecule has 0 radical (unpaired) electrons. The molecule has 0 heterocycles. The van der Waals surface area contributed by atoms with Crippen LogP contribution in [0.3, 0.4) is 0 Å². The maximum atomic E-state index is 9.36. The lowest BCUT2D eigenvalue weighted by atomic mass is 10.0. The number of hydrogen-bond donors (Lipinski definition) is 2. The van der Waals surface area contributed by atoms with E-state index >= 15 is 0 Å². The Morgan fingerprint density at radius 1 is 1.36 bits per heavy atom. The van der Waals surface area contributed by atoms with Gasteiger partial charge in [0.1, 0.15) is 0 Å². The monoisotopic (exact) mass is 158 g/mol. The average Bonchev–Trinajstić information content (AvgIpc) is 1.98. The average molecular weight is 158 g/mol. The van der Waals surface area contributed by atoms with Gasteiger partial charge in [0.15, 0.2) is 0 Å². The Morgan fingerprint density at radius 2 is 1.91 bits per heavy atom. The van der Waals surface area contributed by atoms with Gasteiger partial charge in [-0.3, -0.25) is 0 Å². The van der Waals surface area contributed by atoms with Crippen LogP contribution in [0.5, 0.6) is 0 Å². The lowest BCUT2D eigenvalue weighted by Gasteiger charge is -2.12. The molecule has 0 saturated heterocycles. The largest absolute Gasteiger partial charge is 0.393 e. The molecule has 0 aromatic heterocycles. The lowest BCUT2D eigenvalue weighted by molar-refractivity contribution is 0.140. The molecule has 2 atom stereocenters. The third kappa shape index (κ3) is 4.99. The Morgan fingerprint density at radius 3 is 2.27 bits per heavy atom. The minimum atomic E-state index is -0.436. The summed E-state index contributed by atoms with van der Waals surface area (Å²) in [5, 5.41) is 18.3. The van der Waals surface area contributed by atoms with E-state index in [1.165, 1.54) is 0 Å². The molecule has 0 aliphatic carbocycles. The first-order valence-electron chi connectivity index (χ1n) is 4.11. The molecule has 0 aliphatic rings. The third-order valence-electron chi connectivity index (χ3n) is 1.78. The lowest BCUT2D eigenvalue weighted by Crippen LogP contribution is -2.12. The van der Waals surface area contributed by atoms with Crippen LogP contribution in [0.4, 0.5) is 0 Å². The van der Waals surface area contributed by atoms with Crippen molar-refractivity contribution >= 4 is 0 Å². The molecule has 0 saturated carbocycles. The van der Waals surface area contributed by atoms with E-state index in [0.717, 1.165) is 12.0 Å². The van der Waals surface area contributed by atoms with Crippen LogP contribution in [0.2, 0.25) is 0 Å². The molecule has 2 unspecified atom stereocenters. The van der Waals surface area contributed by atoms with E-state index in [2.05, 4.69) is 6.58 Å². The van der Waals surface area contributed by atoms with Gasteiger partial charge in [-0.15, -0.1) is 0 Å². The van der Waals surface area contributed by atoms with E-state index in [1.54, 1.807) is 6.92 Å². The first-order chi connectivity index (χ1) is 5.07. The quantitative estimate of drug-likeness (QED) is 0.595. The number of aliphatic hydroxyl groups excluding tert-OH is 2. The molecule has 2 nitrogen and oxygen atoms in total. The van der Waals surface area contributed by atoms with Crippen molar-refractivity contribution in [2.45, 2.75) is 45.3 Å². The van der Waals surface area contributed by atoms with E-state index in [-0.39, 0.29) is 6.10 Å². The van der Waals surface area contributed by atoms with Crippen LogP contribution in [0.1, 0.15) is 33.1 Å². The van der Waals surface area contributed by atoms with Gasteiger partial charge >= 0.3 is 0 Å². The topological polar surface area (TPSA) is 40.5 Å².